The molecular weight excluding hydrogens is 200 g/mol. The molecule has 0 bridgehead atoms. The Labute approximate surface area is 95.7 Å². The van der Waals surface area contributed by atoms with E-state index in [4.69, 9.17) is 5.26 Å². The molecule has 1 fully saturated rings. The summed E-state index contributed by atoms with van der Waals surface area (Å²) in [5.74, 6) is 0.571. The number of hydrogen-bond acceptors (Lipinski definition) is 4. The minimum absolute atomic E-state index is 0.415. The Balaban J connectivity index is 1.92. The molecule has 0 radical (unpaired) electrons. The lowest BCUT2D eigenvalue weighted by Crippen LogP contribution is -2.16. The van der Waals surface area contributed by atoms with E-state index in [1.807, 2.05) is 6.07 Å². The van der Waals surface area contributed by atoms with E-state index in [-0.39, 0.29) is 0 Å². The first-order valence-corrected chi connectivity index (χ1v) is 5.75. The molecule has 4 heteroatoms. The zero-order chi connectivity index (χ0) is 11.4. The maximum absolute atomic E-state index is 8.72. The van der Waals surface area contributed by atoms with Crippen LogP contribution in [0.1, 0.15) is 38.3 Å². The highest BCUT2D eigenvalue weighted by molar-refractivity contribution is 5.30. The van der Waals surface area contributed by atoms with Crippen molar-refractivity contribution >= 4 is 5.95 Å². The Bertz CT molecular complexity index is 404. The number of rotatable bonds is 5. The van der Waals surface area contributed by atoms with Crippen molar-refractivity contribution in [2.45, 2.75) is 32.6 Å². The van der Waals surface area contributed by atoms with Gasteiger partial charge in [-0.1, -0.05) is 13.3 Å². The predicted octanol–water partition coefficient (Wildman–Crippen LogP) is 2.34. The van der Waals surface area contributed by atoms with Gasteiger partial charge in [0.25, 0.3) is 0 Å². The molecule has 0 aliphatic heterocycles. The number of nitrogens with zero attached hydrogens (tertiary/aromatic N) is 3. The van der Waals surface area contributed by atoms with Gasteiger partial charge in [0.2, 0.25) is 5.95 Å². The van der Waals surface area contributed by atoms with Crippen molar-refractivity contribution in [1.82, 2.24) is 9.97 Å². The summed E-state index contributed by atoms with van der Waals surface area (Å²) < 4.78 is 0. The monoisotopic (exact) mass is 216 g/mol. The molecule has 0 spiro atoms. The summed E-state index contributed by atoms with van der Waals surface area (Å²) in [6.45, 7) is 3.14. The number of hydrogen-bond donors (Lipinski definition) is 1. The zero-order valence-electron chi connectivity index (χ0n) is 9.53. The summed E-state index contributed by atoms with van der Waals surface area (Å²) >= 11 is 0. The van der Waals surface area contributed by atoms with Crippen LogP contribution in [-0.4, -0.2) is 16.5 Å². The molecule has 0 aromatic carbocycles. The van der Waals surface area contributed by atoms with Crippen LogP contribution in [0.3, 0.4) is 0 Å². The summed E-state index contributed by atoms with van der Waals surface area (Å²) in [5, 5.41) is 12.0. The van der Waals surface area contributed by atoms with Gasteiger partial charge in [0.15, 0.2) is 0 Å². The van der Waals surface area contributed by atoms with E-state index >= 15 is 0 Å². The molecule has 1 aromatic rings. The largest absolute Gasteiger partial charge is 0.354 e. The van der Waals surface area contributed by atoms with Crippen LogP contribution in [0.15, 0.2) is 12.3 Å². The Morgan fingerprint density at radius 3 is 3.00 bits per heavy atom. The molecule has 0 amide bonds. The molecule has 1 aliphatic rings. The molecule has 0 atom stereocenters. The number of nitriles is 1. The van der Waals surface area contributed by atoms with Gasteiger partial charge in [-0.3, -0.25) is 0 Å². The van der Waals surface area contributed by atoms with Crippen LogP contribution in [0, 0.1) is 16.7 Å². The second kappa shape index (κ2) is 4.48. The van der Waals surface area contributed by atoms with Crippen LogP contribution in [0.2, 0.25) is 0 Å². The normalized spacial score (nSPS) is 16.5. The standard InChI is InChI=1S/C12H16N4/c1-2-4-12(5-6-12)9-15-11-14-7-3-10(8-13)16-11/h3,7H,2,4-6,9H2,1H3,(H,14,15,16). The average Bonchev–Trinajstić information content (AvgIpc) is 3.08. The molecule has 2 rings (SSSR count). The first-order chi connectivity index (χ1) is 7.78. The van der Waals surface area contributed by atoms with E-state index in [0.717, 1.165) is 6.54 Å². The van der Waals surface area contributed by atoms with Crippen molar-refractivity contribution in [2.24, 2.45) is 5.41 Å². The smallest absolute Gasteiger partial charge is 0.223 e. The van der Waals surface area contributed by atoms with E-state index in [1.54, 1.807) is 12.3 Å². The third-order valence-electron chi connectivity index (χ3n) is 3.13. The van der Waals surface area contributed by atoms with Crippen molar-refractivity contribution < 1.29 is 0 Å². The topological polar surface area (TPSA) is 61.6 Å². The second-order valence-electron chi connectivity index (χ2n) is 4.48. The predicted molar refractivity (Wildman–Crippen MR) is 61.8 cm³/mol. The summed E-state index contributed by atoms with van der Waals surface area (Å²) in [4.78, 5) is 8.20. The minimum atomic E-state index is 0.415. The van der Waals surface area contributed by atoms with Gasteiger partial charge in [0.1, 0.15) is 11.8 Å². The molecule has 1 heterocycles. The van der Waals surface area contributed by atoms with E-state index in [0.29, 0.717) is 17.1 Å². The molecule has 4 nitrogen and oxygen atoms in total. The zero-order valence-corrected chi connectivity index (χ0v) is 9.53. The Morgan fingerprint density at radius 1 is 1.56 bits per heavy atom. The van der Waals surface area contributed by atoms with Crippen LogP contribution in [0.5, 0.6) is 0 Å². The molecule has 1 aliphatic carbocycles. The molecule has 0 unspecified atom stereocenters. The molecule has 0 saturated heterocycles. The first kappa shape index (κ1) is 10.9. The van der Waals surface area contributed by atoms with E-state index < -0.39 is 0 Å². The third kappa shape index (κ3) is 2.48. The molecule has 1 saturated carbocycles. The van der Waals surface area contributed by atoms with Crippen LogP contribution < -0.4 is 5.32 Å². The molecule has 84 valence electrons. The van der Waals surface area contributed by atoms with Gasteiger partial charge in [-0.25, -0.2) is 9.97 Å². The lowest BCUT2D eigenvalue weighted by molar-refractivity contribution is 0.484. The summed E-state index contributed by atoms with van der Waals surface area (Å²) in [7, 11) is 0. The van der Waals surface area contributed by atoms with Gasteiger partial charge in [-0.05, 0) is 30.7 Å². The van der Waals surface area contributed by atoms with Gasteiger partial charge < -0.3 is 5.32 Å². The second-order valence-corrected chi connectivity index (χ2v) is 4.48. The number of anilines is 1. The summed E-state index contributed by atoms with van der Waals surface area (Å²) in [5.41, 5.74) is 0.888. The van der Waals surface area contributed by atoms with Crippen molar-refractivity contribution in [2.75, 3.05) is 11.9 Å². The Kier molecular flexibility index (Phi) is 3.04. The fourth-order valence-electron chi connectivity index (χ4n) is 1.99. The van der Waals surface area contributed by atoms with Crippen molar-refractivity contribution in [3.63, 3.8) is 0 Å². The van der Waals surface area contributed by atoms with Gasteiger partial charge in [-0.15, -0.1) is 0 Å². The van der Waals surface area contributed by atoms with Crippen LogP contribution in [-0.2, 0) is 0 Å². The fraction of sp³-hybridized carbons (Fsp3) is 0.583. The van der Waals surface area contributed by atoms with Gasteiger partial charge in [0.05, 0.1) is 0 Å². The van der Waals surface area contributed by atoms with E-state index in [9.17, 15) is 0 Å². The molecule has 1 aromatic heterocycles. The lowest BCUT2D eigenvalue weighted by Gasteiger charge is -2.14. The SMILES string of the molecule is CCCC1(CNc2nccc(C#N)n2)CC1. The van der Waals surface area contributed by atoms with Crippen LogP contribution >= 0.6 is 0 Å². The van der Waals surface area contributed by atoms with E-state index in [2.05, 4.69) is 22.2 Å². The first-order valence-electron chi connectivity index (χ1n) is 5.75. The van der Waals surface area contributed by atoms with Crippen molar-refractivity contribution in [3.8, 4) is 6.07 Å². The van der Waals surface area contributed by atoms with Crippen LogP contribution in [0.4, 0.5) is 5.95 Å². The Morgan fingerprint density at radius 2 is 2.38 bits per heavy atom. The summed E-state index contributed by atoms with van der Waals surface area (Å²) in [6, 6.07) is 3.63. The maximum atomic E-state index is 8.72. The third-order valence-corrected chi connectivity index (χ3v) is 3.13. The molecule has 1 N–H and O–H groups in total. The average molecular weight is 216 g/mol. The van der Waals surface area contributed by atoms with Gasteiger partial charge in [0, 0.05) is 12.7 Å². The Hall–Kier alpha value is -1.63. The number of aromatic nitrogens is 2. The highest BCUT2D eigenvalue weighted by atomic mass is 15.1. The minimum Gasteiger partial charge on any atom is -0.354 e. The quantitative estimate of drug-likeness (QED) is 0.820. The highest BCUT2D eigenvalue weighted by Crippen LogP contribution is 2.49. The van der Waals surface area contributed by atoms with Crippen LogP contribution in [0.25, 0.3) is 0 Å². The highest BCUT2D eigenvalue weighted by Gasteiger charge is 2.41. The lowest BCUT2D eigenvalue weighted by atomic mass is 10.0. The van der Waals surface area contributed by atoms with Gasteiger partial charge in [-0.2, -0.15) is 5.26 Å². The number of nitrogens with one attached hydrogen (secondary N) is 1. The van der Waals surface area contributed by atoms with Crippen molar-refractivity contribution in [1.29, 1.82) is 5.26 Å². The van der Waals surface area contributed by atoms with E-state index in [1.165, 1.54) is 25.7 Å². The molecular formula is C12H16N4. The maximum Gasteiger partial charge on any atom is 0.223 e. The van der Waals surface area contributed by atoms with Gasteiger partial charge >= 0.3 is 0 Å². The molecule has 16 heavy (non-hydrogen) atoms. The fourth-order valence-corrected chi connectivity index (χ4v) is 1.99. The van der Waals surface area contributed by atoms with Crippen molar-refractivity contribution in [3.05, 3.63) is 18.0 Å². The summed E-state index contributed by atoms with van der Waals surface area (Å²) in [6.07, 6.45) is 6.70.